The van der Waals surface area contributed by atoms with Gasteiger partial charge in [0.2, 0.25) is 0 Å². The minimum absolute atomic E-state index is 0.0493. The summed E-state index contributed by atoms with van der Waals surface area (Å²) in [6.45, 7) is 1.88. The highest BCUT2D eigenvalue weighted by Gasteiger charge is 2.20. The second kappa shape index (κ2) is 8.75. The van der Waals surface area contributed by atoms with Crippen LogP contribution in [0.4, 0.5) is 13.8 Å². The minimum Gasteiger partial charge on any atom is -0.462 e. The van der Waals surface area contributed by atoms with Gasteiger partial charge >= 0.3 is 5.97 Å². The van der Waals surface area contributed by atoms with Crippen LogP contribution in [0, 0.1) is 11.6 Å². The molecule has 1 aromatic heterocycles. The lowest BCUT2D eigenvalue weighted by atomic mass is 10.1. The van der Waals surface area contributed by atoms with E-state index in [1.807, 2.05) is 30.3 Å². The number of halogens is 2. The van der Waals surface area contributed by atoms with Gasteiger partial charge in [0.1, 0.15) is 5.00 Å². The van der Waals surface area contributed by atoms with Crippen LogP contribution in [0.3, 0.4) is 0 Å². The molecule has 3 aromatic rings. The highest BCUT2D eigenvalue weighted by Crippen LogP contribution is 2.31. The molecule has 2 aromatic carbocycles. The van der Waals surface area contributed by atoms with E-state index >= 15 is 0 Å². The molecule has 1 heterocycles. The fraction of sp³-hybridized carbons (Fsp3) is 0.143. The molecule has 28 heavy (non-hydrogen) atoms. The molecule has 144 valence electrons. The Morgan fingerprint density at radius 1 is 1.04 bits per heavy atom. The van der Waals surface area contributed by atoms with E-state index in [2.05, 4.69) is 5.32 Å². The third kappa shape index (κ3) is 4.61. The van der Waals surface area contributed by atoms with E-state index in [0.717, 1.165) is 22.6 Å². The van der Waals surface area contributed by atoms with Crippen LogP contribution in [0.2, 0.25) is 0 Å². The largest absolute Gasteiger partial charge is 0.462 e. The fourth-order valence-corrected chi connectivity index (χ4v) is 3.67. The van der Waals surface area contributed by atoms with Gasteiger partial charge < -0.3 is 10.1 Å². The number of hydrogen-bond donors (Lipinski definition) is 1. The predicted octanol–water partition coefficient (Wildman–Crippen LogP) is 5.05. The van der Waals surface area contributed by atoms with Crippen molar-refractivity contribution in [2.24, 2.45) is 0 Å². The monoisotopic (exact) mass is 401 g/mol. The summed E-state index contributed by atoms with van der Waals surface area (Å²) in [6, 6.07) is 14.2. The summed E-state index contributed by atoms with van der Waals surface area (Å²) in [4.78, 5) is 25.6. The summed E-state index contributed by atoms with van der Waals surface area (Å²) in [6.07, 6.45) is 0.582. The average Bonchev–Trinajstić information content (AvgIpc) is 3.07. The molecule has 0 unspecified atom stereocenters. The standard InChI is InChI=1S/C21H17F2NO3S/c1-2-27-21(26)16-12-15(10-13-6-4-3-5-7-13)28-20(16)24-19(25)14-8-9-17(22)18(23)11-14/h3-9,11-12H,2,10H2,1H3,(H,24,25). The number of nitrogens with one attached hydrogen (secondary N) is 1. The number of thiophene rings is 1. The van der Waals surface area contributed by atoms with E-state index < -0.39 is 23.5 Å². The SMILES string of the molecule is CCOC(=O)c1cc(Cc2ccccc2)sc1NC(=O)c1ccc(F)c(F)c1. The molecule has 0 saturated heterocycles. The fourth-order valence-electron chi connectivity index (χ4n) is 2.59. The predicted molar refractivity (Wildman–Crippen MR) is 104 cm³/mol. The summed E-state index contributed by atoms with van der Waals surface area (Å²) in [5, 5.41) is 2.91. The van der Waals surface area contributed by atoms with Gasteiger partial charge in [-0.25, -0.2) is 13.6 Å². The van der Waals surface area contributed by atoms with Gasteiger partial charge in [-0.05, 0) is 36.8 Å². The molecule has 0 bridgehead atoms. The van der Waals surface area contributed by atoms with Crippen molar-refractivity contribution in [3.8, 4) is 0 Å². The van der Waals surface area contributed by atoms with Gasteiger partial charge in [-0.15, -0.1) is 11.3 Å². The Hall–Kier alpha value is -3.06. The number of carbonyl (C=O) groups excluding carboxylic acids is 2. The van der Waals surface area contributed by atoms with Crippen molar-refractivity contribution in [2.75, 3.05) is 11.9 Å². The molecule has 1 N–H and O–H groups in total. The van der Waals surface area contributed by atoms with Gasteiger partial charge in [0.25, 0.3) is 5.91 Å². The van der Waals surface area contributed by atoms with E-state index in [1.165, 1.54) is 17.4 Å². The zero-order chi connectivity index (χ0) is 20.1. The van der Waals surface area contributed by atoms with Crippen molar-refractivity contribution in [3.63, 3.8) is 0 Å². The van der Waals surface area contributed by atoms with Gasteiger partial charge in [0, 0.05) is 16.9 Å². The number of rotatable bonds is 6. The number of amides is 1. The second-order valence-corrected chi connectivity index (χ2v) is 7.06. The zero-order valence-corrected chi connectivity index (χ0v) is 15.8. The third-order valence-corrected chi connectivity index (χ3v) is 4.96. The molecule has 0 aliphatic rings. The third-order valence-electron chi connectivity index (χ3n) is 3.91. The maximum absolute atomic E-state index is 13.4. The first kappa shape index (κ1) is 19.7. The number of anilines is 1. The Kier molecular flexibility index (Phi) is 6.16. The van der Waals surface area contributed by atoms with Crippen LogP contribution in [0.1, 0.15) is 38.1 Å². The van der Waals surface area contributed by atoms with Crippen molar-refractivity contribution in [3.05, 3.63) is 87.8 Å². The smallest absolute Gasteiger partial charge is 0.341 e. The first-order chi connectivity index (χ1) is 13.5. The van der Waals surface area contributed by atoms with Crippen molar-refractivity contribution in [1.82, 2.24) is 0 Å². The van der Waals surface area contributed by atoms with Gasteiger partial charge in [-0.2, -0.15) is 0 Å². The van der Waals surface area contributed by atoms with E-state index in [0.29, 0.717) is 11.4 Å². The Morgan fingerprint density at radius 2 is 1.79 bits per heavy atom. The van der Waals surface area contributed by atoms with Crippen LogP contribution in [-0.2, 0) is 11.2 Å². The van der Waals surface area contributed by atoms with Crippen LogP contribution in [0.5, 0.6) is 0 Å². The molecule has 0 atom stereocenters. The van der Waals surface area contributed by atoms with Crippen LogP contribution in [0.15, 0.2) is 54.6 Å². The molecule has 4 nitrogen and oxygen atoms in total. The highest BCUT2D eigenvalue weighted by molar-refractivity contribution is 7.16. The maximum Gasteiger partial charge on any atom is 0.341 e. The average molecular weight is 401 g/mol. The van der Waals surface area contributed by atoms with Crippen LogP contribution in [-0.4, -0.2) is 18.5 Å². The molecule has 3 rings (SSSR count). The number of benzene rings is 2. The number of carbonyl (C=O) groups is 2. The van der Waals surface area contributed by atoms with Crippen LogP contribution < -0.4 is 5.32 Å². The summed E-state index contributed by atoms with van der Waals surface area (Å²) in [7, 11) is 0. The van der Waals surface area contributed by atoms with Crippen molar-refractivity contribution >= 4 is 28.2 Å². The maximum atomic E-state index is 13.4. The minimum atomic E-state index is -1.12. The molecule has 7 heteroatoms. The van der Waals surface area contributed by atoms with Gasteiger partial charge in [-0.3, -0.25) is 4.79 Å². The Balaban J connectivity index is 1.87. The molecule has 0 radical (unpaired) electrons. The lowest BCUT2D eigenvalue weighted by Gasteiger charge is -2.06. The van der Waals surface area contributed by atoms with Crippen molar-refractivity contribution in [2.45, 2.75) is 13.3 Å². The first-order valence-electron chi connectivity index (χ1n) is 8.58. The van der Waals surface area contributed by atoms with Crippen molar-refractivity contribution in [1.29, 1.82) is 0 Å². The van der Waals surface area contributed by atoms with E-state index in [-0.39, 0.29) is 17.7 Å². The van der Waals surface area contributed by atoms with Crippen LogP contribution >= 0.6 is 11.3 Å². The summed E-state index contributed by atoms with van der Waals surface area (Å²) in [5.41, 5.74) is 1.23. The first-order valence-corrected chi connectivity index (χ1v) is 9.39. The summed E-state index contributed by atoms with van der Waals surface area (Å²) >= 11 is 1.24. The Morgan fingerprint density at radius 3 is 2.46 bits per heavy atom. The van der Waals surface area contributed by atoms with Gasteiger partial charge in [0.15, 0.2) is 11.6 Å². The summed E-state index contributed by atoms with van der Waals surface area (Å²) in [5.74, 6) is -3.35. The number of hydrogen-bond acceptors (Lipinski definition) is 4. The number of esters is 1. The van der Waals surface area contributed by atoms with E-state index in [4.69, 9.17) is 4.74 Å². The molecule has 0 spiro atoms. The highest BCUT2D eigenvalue weighted by atomic mass is 32.1. The molecule has 0 aliphatic heterocycles. The van der Waals surface area contributed by atoms with E-state index in [1.54, 1.807) is 13.0 Å². The molecular weight excluding hydrogens is 384 g/mol. The second-order valence-electron chi connectivity index (χ2n) is 5.92. The topological polar surface area (TPSA) is 55.4 Å². The van der Waals surface area contributed by atoms with Crippen molar-refractivity contribution < 1.29 is 23.1 Å². The lowest BCUT2D eigenvalue weighted by molar-refractivity contribution is 0.0528. The summed E-state index contributed by atoms with van der Waals surface area (Å²) < 4.78 is 31.6. The van der Waals surface area contributed by atoms with Crippen LogP contribution in [0.25, 0.3) is 0 Å². The molecular formula is C21H17F2NO3S. The van der Waals surface area contributed by atoms with E-state index in [9.17, 15) is 18.4 Å². The van der Waals surface area contributed by atoms with Gasteiger partial charge in [-0.1, -0.05) is 30.3 Å². The Bertz CT molecular complexity index is 1000. The zero-order valence-electron chi connectivity index (χ0n) is 15.0. The molecule has 0 fully saturated rings. The lowest BCUT2D eigenvalue weighted by Crippen LogP contribution is -2.14. The molecule has 0 saturated carbocycles. The number of ether oxygens (including phenoxy) is 1. The Labute approximate surface area is 164 Å². The quantitative estimate of drug-likeness (QED) is 0.589. The molecule has 0 aliphatic carbocycles. The normalized spacial score (nSPS) is 10.5. The molecule has 1 amide bonds. The van der Waals surface area contributed by atoms with Gasteiger partial charge in [0.05, 0.1) is 12.2 Å².